The van der Waals surface area contributed by atoms with Gasteiger partial charge in [-0.3, -0.25) is 14.5 Å². The number of carboxylic acid groups (broad SMARTS) is 1. The molecular weight excluding hydrogens is 426 g/mol. The Balaban J connectivity index is 1.76. The summed E-state index contributed by atoms with van der Waals surface area (Å²) in [6.45, 7) is 3.60. The van der Waals surface area contributed by atoms with E-state index >= 15 is 0 Å². The minimum Gasteiger partial charge on any atom is -0.477 e. The maximum Gasteiger partial charge on any atom is 0.353 e. The van der Waals surface area contributed by atoms with Gasteiger partial charge >= 0.3 is 5.97 Å². The molecule has 13 heteroatoms. The second-order valence-electron chi connectivity index (χ2n) is 5.56. The number of hydrogen-bond donors (Lipinski definition) is 4. The fourth-order valence-electron chi connectivity index (χ4n) is 2.68. The molecule has 0 aliphatic carbocycles. The highest BCUT2D eigenvalue weighted by Crippen LogP contribution is 2.43. The summed E-state index contributed by atoms with van der Waals surface area (Å²) in [6.07, 6.45) is 1.65. The van der Waals surface area contributed by atoms with E-state index in [1.165, 1.54) is 33.8 Å². The summed E-state index contributed by atoms with van der Waals surface area (Å²) in [5.74, 6) is -1.64. The number of rotatable bonds is 7. The SMILES string of the molecule is C=CCSC1=C(C(=O)O)N2C(=O)[C@@H](NC(=O)/C(=N\O)c3csc(N)n3)[C@H]2SC1. The zero-order valence-electron chi connectivity index (χ0n) is 14.2. The number of carboxylic acids is 1. The van der Waals surface area contributed by atoms with Crippen LogP contribution in [0.2, 0.25) is 0 Å². The van der Waals surface area contributed by atoms with E-state index in [0.29, 0.717) is 16.4 Å². The third kappa shape index (κ3) is 3.59. The summed E-state index contributed by atoms with van der Waals surface area (Å²) < 4.78 is 0. The van der Waals surface area contributed by atoms with Gasteiger partial charge < -0.3 is 21.4 Å². The van der Waals surface area contributed by atoms with Gasteiger partial charge in [-0.15, -0.1) is 41.4 Å². The average molecular weight is 442 g/mol. The zero-order valence-corrected chi connectivity index (χ0v) is 16.6. The Kier molecular flexibility index (Phi) is 5.96. The van der Waals surface area contributed by atoms with E-state index in [1.807, 2.05) is 0 Å². The van der Waals surface area contributed by atoms with Gasteiger partial charge in [0.25, 0.3) is 11.8 Å². The van der Waals surface area contributed by atoms with Crippen molar-refractivity contribution < 1.29 is 24.7 Å². The highest BCUT2D eigenvalue weighted by Gasteiger charge is 2.54. The molecule has 0 spiro atoms. The number of thioether (sulfide) groups is 2. The number of amides is 2. The van der Waals surface area contributed by atoms with Gasteiger partial charge in [0, 0.05) is 21.8 Å². The molecule has 0 aromatic carbocycles. The van der Waals surface area contributed by atoms with Crippen LogP contribution in [0.15, 0.2) is 33.8 Å². The summed E-state index contributed by atoms with van der Waals surface area (Å²) in [7, 11) is 0. The van der Waals surface area contributed by atoms with E-state index in [0.717, 1.165) is 11.3 Å². The molecule has 0 saturated carbocycles. The largest absolute Gasteiger partial charge is 0.477 e. The minimum atomic E-state index is -1.20. The first-order valence-corrected chi connectivity index (χ1v) is 10.7. The number of fused-ring (bicyclic) bond motifs is 1. The fraction of sp³-hybridized carbons (Fsp3) is 0.267. The van der Waals surface area contributed by atoms with Crippen LogP contribution in [0.3, 0.4) is 0 Å². The van der Waals surface area contributed by atoms with Gasteiger partial charge in [-0.25, -0.2) is 9.78 Å². The van der Waals surface area contributed by atoms with E-state index in [9.17, 15) is 19.5 Å². The number of hydrogen-bond acceptors (Lipinski definition) is 10. The Bertz CT molecular complexity index is 912. The van der Waals surface area contributed by atoms with Gasteiger partial charge in [0.05, 0.1) is 0 Å². The smallest absolute Gasteiger partial charge is 0.353 e. The minimum absolute atomic E-state index is 0.0746. The number of nitrogens with two attached hydrogens (primary N) is 1. The van der Waals surface area contributed by atoms with Gasteiger partial charge in [-0.1, -0.05) is 11.2 Å². The summed E-state index contributed by atoms with van der Waals surface area (Å²) in [4.78, 5) is 42.3. The van der Waals surface area contributed by atoms with Crippen LogP contribution in [0.1, 0.15) is 5.69 Å². The van der Waals surface area contributed by atoms with Crippen LogP contribution in [0.4, 0.5) is 5.13 Å². The molecular formula is C15H15N5O5S3. The predicted molar refractivity (Wildman–Crippen MR) is 107 cm³/mol. The first kappa shape index (κ1) is 20.2. The normalized spacial score (nSPS) is 21.8. The number of nitrogens with zero attached hydrogens (tertiary/aromatic N) is 3. The van der Waals surface area contributed by atoms with Crippen LogP contribution in [0.5, 0.6) is 0 Å². The molecule has 0 radical (unpaired) electrons. The lowest BCUT2D eigenvalue weighted by atomic mass is 10.0. The number of nitrogens with one attached hydrogen (secondary N) is 1. The lowest BCUT2D eigenvalue weighted by molar-refractivity contribution is -0.150. The van der Waals surface area contributed by atoms with E-state index in [-0.39, 0.29) is 22.2 Å². The zero-order chi connectivity index (χ0) is 20.4. The van der Waals surface area contributed by atoms with E-state index in [4.69, 9.17) is 10.9 Å². The standard InChI is InChI=1S/C15H15N5O5S3/c1-2-3-26-7-5-27-13-9(12(22)20(13)10(7)14(23)24)18-11(21)8(19-25)6-4-28-15(16)17-6/h2,4,9,13,25H,1,3,5H2,(H2,16,17)(H,18,21)(H,23,24)/b19-8-/t9-,13-/m1/s1. The molecule has 1 fully saturated rings. The maximum atomic E-state index is 12.6. The molecule has 1 aromatic rings. The molecule has 2 aliphatic heterocycles. The molecule has 0 unspecified atom stereocenters. The lowest BCUT2D eigenvalue weighted by Crippen LogP contribution is -2.71. The number of nitrogen functional groups attached to an aromatic ring is 1. The van der Waals surface area contributed by atoms with Crippen LogP contribution in [-0.4, -0.2) is 66.6 Å². The highest BCUT2D eigenvalue weighted by molar-refractivity contribution is 8.06. The predicted octanol–water partition coefficient (Wildman–Crippen LogP) is 0.519. The van der Waals surface area contributed by atoms with Crippen molar-refractivity contribution in [1.82, 2.24) is 15.2 Å². The Morgan fingerprint density at radius 3 is 2.89 bits per heavy atom. The van der Waals surface area contributed by atoms with Gasteiger partial charge in [-0.05, 0) is 0 Å². The van der Waals surface area contributed by atoms with Crippen molar-refractivity contribution in [2.75, 3.05) is 17.2 Å². The Hall–Kier alpha value is -2.51. The van der Waals surface area contributed by atoms with Crippen molar-refractivity contribution in [2.24, 2.45) is 5.16 Å². The molecule has 1 aromatic heterocycles. The number of carbonyl (C=O) groups excluding carboxylic acids is 2. The van der Waals surface area contributed by atoms with Crippen molar-refractivity contribution in [3.8, 4) is 0 Å². The molecule has 3 heterocycles. The third-order valence-electron chi connectivity index (χ3n) is 3.88. The topological polar surface area (TPSA) is 158 Å². The first-order chi connectivity index (χ1) is 13.4. The van der Waals surface area contributed by atoms with Gasteiger partial charge in [0.1, 0.15) is 22.8 Å². The lowest BCUT2D eigenvalue weighted by Gasteiger charge is -2.49. The van der Waals surface area contributed by atoms with Crippen LogP contribution >= 0.6 is 34.9 Å². The number of carbonyl (C=O) groups is 3. The summed E-state index contributed by atoms with van der Waals surface area (Å²) >= 11 is 3.72. The molecule has 3 rings (SSSR count). The van der Waals surface area contributed by atoms with Crippen LogP contribution in [-0.2, 0) is 14.4 Å². The molecule has 2 amide bonds. The van der Waals surface area contributed by atoms with E-state index < -0.39 is 29.2 Å². The van der Waals surface area contributed by atoms with Crippen LogP contribution < -0.4 is 11.1 Å². The molecule has 5 N–H and O–H groups in total. The van der Waals surface area contributed by atoms with Gasteiger partial charge in [0.2, 0.25) is 0 Å². The quantitative estimate of drug-likeness (QED) is 0.156. The average Bonchev–Trinajstić information content (AvgIpc) is 3.09. The highest BCUT2D eigenvalue weighted by atomic mass is 32.2. The first-order valence-electron chi connectivity index (χ1n) is 7.78. The van der Waals surface area contributed by atoms with Crippen molar-refractivity contribution in [3.05, 3.63) is 34.3 Å². The number of thiazole rings is 1. The number of oxime groups is 1. The Morgan fingerprint density at radius 2 is 2.32 bits per heavy atom. The van der Waals surface area contributed by atoms with Gasteiger partial charge in [-0.2, -0.15) is 0 Å². The second-order valence-corrected chi connectivity index (χ2v) is 8.67. The fourth-order valence-corrected chi connectivity index (χ4v) is 5.60. The monoisotopic (exact) mass is 441 g/mol. The molecule has 2 atom stereocenters. The van der Waals surface area contributed by atoms with Crippen molar-refractivity contribution in [1.29, 1.82) is 0 Å². The van der Waals surface area contributed by atoms with Crippen molar-refractivity contribution in [2.45, 2.75) is 11.4 Å². The number of aromatic nitrogens is 1. The number of anilines is 1. The van der Waals surface area contributed by atoms with E-state index in [2.05, 4.69) is 22.0 Å². The Labute approximate surface area is 171 Å². The van der Waals surface area contributed by atoms with Crippen LogP contribution in [0, 0.1) is 0 Å². The second kappa shape index (κ2) is 8.24. The molecule has 10 nitrogen and oxygen atoms in total. The molecule has 28 heavy (non-hydrogen) atoms. The van der Waals surface area contributed by atoms with Crippen LogP contribution in [0.25, 0.3) is 0 Å². The molecule has 148 valence electrons. The van der Waals surface area contributed by atoms with Gasteiger partial charge in [0.15, 0.2) is 10.8 Å². The summed E-state index contributed by atoms with van der Waals surface area (Å²) in [5, 5.41) is 25.2. The third-order valence-corrected chi connectivity index (χ3v) is 7.10. The summed E-state index contributed by atoms with van der Waals surface area (Å²) in [5.41, 5.74) is 5.14. The number of aliphatic carboxylic acids is 1. The summed E-state index contributed by atoms with van der Waals surface area (Å²) in [6, 6.07) is -0.939. The molecule has 2 aliphatic rings. The maximum absolute atomic E-state index is 12.6. The molecule has 0 bridgehead atoms. The van der Waals surface area contributed by atoms with E-state index in [1.54, 1.807) is 6.08 Å². The molecule has 1 saturated heterocycles. The van der Waals surface area contributed by atoms with Crippen molar-refractivity contribution in [3.63, 3.8) is 0 Å². The Morgan fingerprint density at radius 1 is 1.57 bits per heavy atom. The van der Waals surface area contributed by atoms with Crippen molar-refractivity contribution >= 4 is 63.5 Å². The number of β-lactam (4-membered cyclic amide) rings is 1.